The Labute approximate surface area is 183 Å². The van der Waals surface area contributed by atoms with Crippen LogP contribution in [0.5, 0.6) is 0 Å². The van der Waals surface area contributed by atoms with Crippen LogP contribution in [0.2, 0.25) is 0 Å². The van der Waals surface area contributed by atoms with Crippen molar-refractivity contribution >= 4 is 34.9 Å². The minimum Gasteiger partial charge on any atom is -0.390 e. The maximum absolute atomic E-state index is 13.2. The second kappa shape index (κ2) is 11.0. The van der Waals surface area contributed by atoms with E-state index in [9.17, 15) is 14.3 Å². The molecule has 0 aliphatic carbocycles. The van der Waals surface area contributed by atoms with Crippen LogP contribution in [-0.2, 0) is 26.2 Å². The number of aromatic nitrogens is 2. The van der Waals surface area contributed by atoms with Crippen molar-refractivity contribution < 1.29 is 18.8 Å². The number of aliphatic hydroxyl groups is 1. The van der Waals surface area contributed by atoms with Crippen LogP contribution in [0.25, 0.3) is 0 Å². The SMILES string of the molecule is Cc1onc(CO)c1CN(C)Cc1csc(NC(=O)NCc2cccc(F)c2)n1.Cl. The molecule has 8 nitrogen and oxygen atoms in total. The highest BCUT2D eigenvalue weighted by molar-refractivity contribution is 7.13. The van der Waals surface area contributed by atoms with Gasteiger partial charge in [0.2, 0.25) is 0 Å². The monoisotopic (exact) mass is 455 g/mol. The van der Waals surface area contributed by atoms with Gasteiger partial charge in [-0.25, -0.2) is 14.2 Å². The number of thiazole rings is 1. The number of nitrogens with zero attached hydrogens (tertiary/aromatic N) is 3. The second-order valence-corrected chi connectivity index (χ2v) is 7.43. The van der Waals surface area contributed by atoms with Crippen molar-refractivity contribution in [2.45, 2.75) is 33.2 Å². The number of urea groups is 1. The topological polar surface area (TPSA) is 104 Å². The summed E-state index contributed by atoms with van der Waals surface area (Å²) in [5, 5.41) is 20.9. The molecule has 3 aromatic rings. The maximum Gasteiger partial charge on any atom is 0.321 e. The van der Waals surface area contributed by atoms with Crippen LogP contribution >= 0.6 is 23.7 Å². The second-order valence-electron chi connectivity index (χ2n) is 6.58. The number of nitrogens with one attached hydrogen (secondary N) is 2. The summed E-state index contributed by atoms with van der Waals surface area (Å²) in [6.45, 7) is 2.96. The lowest BCUT2D eigenvalue weighted by molar-refractivity contribution is 0.251. The van der Waals surface area contributed by atoms with Gasteiger partial charge >= 0.3 is 6.03 Å². The summed E-state index contributed by atoms with van der Waals surface area (Å²) >= 11 is 1.32. The van der Waals surface area contributed by atoms with Crippen LogP contribution in [0.4, 0.5) is 14.3 Å². The fourth-order valence-electron chi connectivity index (χ4n) is 2.77. The van der Waals surface area contributed by atoms with Gasteiger partial charge in [-0.3, -0.25) is 10.2 Å². The van der Waals surface area contributed by atoms with E-state index in [4.69, 9.17) is 4.52 Å². The standard InChI is InChI=1S/C19H22FN5O3S.ClH/c1-12-16(17(10-26)24-28-12)9-25(2)8-15-11-29-19(22-15)23-18(27)21-7-13-4-3-5-14(20)6-13;/h3-6,11,26H,7-10H2,1-2H3,(H2,21,22,23,27);1H. The molecule has 0 aliphatic heterocycles. The summed E-state index contributed by atoms with van der Waals surface area (Å²) in [4.78, 5) is 18.4. The van der Waals surface area contributed by atoms with E-state index >= 15 is 0 Å². The van der Waals surface area contributed by atoms with Gasteiger partial charge in [0.25, 0.3) is 0 Å². The molecule has 3 N–H and O–H groups in total. The third kappa shape index (κ3) is 6.49. The van der Waals surface area contributed by atoms with E-state index < -0.39 is 6.03 Å². The van der Waals surface area contributed by atoms with Gasteiger partial charge in [0.1, 0.15) is 17.3 Å². The van der Waals surface area contributed by atoms with Crippen LogP contribution in [0, 0.1) is 12.7 Å². The lowest BCUT2D eigenvalue weighted by Crippen LogP contribution is -2.28. The minimum absolute atomic E-state index is 0. The number of aryl methyl sites for hydroxylation is 1. The van der Waals surface area contributed by atoms with Gasteiger partial charge in [0, 0.05) is 30.6 Å². The fraction of sp³-hybridized carbons (Fsp3) is 0.316. The molecule has 11 heteroatoms. The number of aliphatic hydroxyl groups excluding tert-OH is 1. The van der Waals surface area contributed by atoms with Crippen LogP contribution < -0.4 is 10.6 Å². The van der Waals surface area contributed by atoms with Crippen molar-refractivity contribution in [3.63, 3.8) is 0 Å². The first-order valence-corrected chi connectivity index (χ1v) is 9.79. The predicted octanol–water partition coefficient (Wildman–Crippen LogP) is 3.45. The quantitative estimate of drug-likeness (QED) is 0.480. The first kappa shape index (κ1) is 23.7. The van der Waals surface area contributed by atoms with Gasteiger partial charge in [0.15, 0.2) is 5.13 Å². The zero-order valence-electron chi connectivity index (χ0n) is 16.5. The van der Waals surface area contributed by atoms with Gasteiger partial charge in [-0.2, -0.15) is 0 Å². The van der Waals surface area contributed by atoms with Crippen molar-refractivity contribution in [2.24, 2.45) is 0 Å². The Kier molecular flexibility index (Phi) is 8.72. The molecule has 0 fully saturated rings. The van der Waals surface area contributed by atoms with E-state index in [-0.39, 0.29) is 31.4 Å². The molecule has 0 atom stereocenters. The zero-order valence-corrected chi connectivity index (χ0v) is 18.1. The number of benzene rings is 1. The van der Waals surface area contributed by atoms with Gasteiger partial charge in [-0.05, 0) is 31.7 Å². The molecule has 30 heavy (non-hydrogen) atoms. The Morgan fingerprint density at radius 1 is 1.37 bits per heavy atom. The summed E-state index contributed by atoms with van der Waals surface area (Å²) < 4.78 is 18.3. The molecule has 0 unspecified atom stereocenters. The molecule has 0 saturated heterocycles. The van der Waals surface area contributed by atoms with Crippen LogP contribution in [0.15, 0.2) is 34.2 Å². The molecule has 2 aromatic heterocycles. The molecule has 0 aliphatic rings. The Morgan fingerprint density at radius 3 is 2.90 bits per heavy atom. The molecule has 3 rings (SSSR count). The lowest BCUT2D eigenvalue weighted by Gasteiger charge is -2.15. The summed E-state index contributed by atoms with van der Waals surface area (Å²) in [5.74, 6) is 0.336. The van der Waals surface area contributed by atoms with Crippen LogP contribution in [0.1, 0.15) is 28.3 Å². The summed E-state index contributed by atoms with van der Waals surface area (Å²) in [6.07, 6.45) is 0. The highest BCUT2D eigenvalue weighted by atomic mass is 35.5. The van der Waals surface area contributed by atoms with E-state index in [1.165, 1.54) is 23.5 Å². The van der Waals surface area contributed by atoms with E-state index in [2.05, 4.69) is 20.8 Å². The van der Waals surface area contributed by atoms with Crippen molar-refractivity contribution in [1.82, 2.24) is 20.4 Å². The first-order valence-electron chi connectivity index (χ1n) is 8.91. The van der Waals surface area contributed by atoms with Crippen molar-refractivity contribution in [2.75, 3.05) is 12.4 Å². The number of carbonyl (C=O) groups is 1. The Hall–Kier alpha value is -2.53. The molecule has 0 bridgehead atoms. The van der Waals surface area contributed by atoms with E-state index in [0.29, 0.717) is 35.2 Å². The van der Waals surface area contributed by atoms with Crippen LogP contribution in [0.3, 0.4) is 0 Å². The molecule has 1 aromatic carbocycles. The number of halogens is 2. The molecule has 0 radical (unpaired) electrons. The fourth-order valence-corrected chi connectivity index (χ4v) is 3.47. The lowest BCUT2D eigenvalue weighted by atomic mass is 10.2. The molecule has 2 heterocycles. The van der Waals surface area contributed by atoms with E-state index in [0.717, 1.165) is 11.3 Å². The average molecular weight is 456 g/mol. The number of amides is 2. The Bertz CT molecular complexity index is 981. The Balaban J connectivity index is 0.00000320. The Morgan fingerprint density at radius 2 is 2.17 bits per heavy atom. The van der Waals surface area contributed by atoms with Crippen molar-refractivity contribution in [3.05, 3.63) is 63.7 Å². The first-order chi connectivity index (χ1) is 13.9. The minimum atomic E-state index is -0.406. The largest absolute Gasteiger partial charge is 0.390 e. The number of carbonyl (C=O) groups excluding carboxylic acids is 1. The molecule has 2 amide bonds. The van der Waals surface area contributed by atoms with Crippen molar-refractivity contribution in [3.8, 4) is 0 Å². The van der Waals surface area contributed by atoms with Crippen LogP contribution in [-0.4, -0.2) is 33.2 Å². The van der Waals surface area contributed by atoms with Crippen molar-refractivity contribution in [1.29, 1.82) is 0 Å². The highest BCUT2D eigenvalue weighted by Gasteiger charge is 2.15. The van der Waals surface area contributed by atoms with Gasteiger partial charge in [-0.1, -0.05) is 17.3 Å². The molecule has 162 valence electrons. The summed E-state index contributed by atoms with van der Waals surface area (Å²) in [6, 6.07) is 5.65. The number of anilines is 1. The highest BCUT2D eigenvalue weighted by Crippen LogP contribution is 2.19. The molecule has 0 spiro atoms. The maximum atomic E-state index is 13.2. The third-order valence-corrected chi connectivity index (χ3v) is 5.00. The smallest absolute Gasteiger partial charge is 0.321 e. The molecular weight excluding hydrogens is 433 g/mol. The third-order valence-electron chi connectivity index (χ3n) is 4.19. The predicted molar refractivity (Wildman–Crippen MR) is 114 cm³/mol. The van der Waals surface area contributed by atoms with E-state index in [1.54, 1.807) is 12.1 Å². The van der Waals surface area contributed by atoms with E-state index in [1.807, 2.05) is 24.3 Å². The average Bonchev–Trinajstić information content (AvgIpc) is 3.26. The zero-order chi connectivity index (χ0) is 20.8. The summed E-state index contributed by atoms with van der Waals surface area (Å²) in [7, 11) is 1.92. The number of hydrogen-bond donors (Lipinski definition) is 3. The van der Waals surface area contributed by atoms with Gasteiger partial charge < -0.3 is 14.9 Å². The summed E-state index contributed by atoms with van der Waals surface area (Å²) in [5.41, 5.74) is 2.87. The normalized spacial score (nSPS) is 10.7. The number of rotatable bonds is 8. The molecule has 0 saturated carbocycles. The molecular formula is C19H23ClFN5O3S. The van der Waals surface area contributed by atoms with Gasteiger partial charge in [0.05, 0.1) is 12.3 Å². The van der Waals surface area contributed by atoms with Gasteiger partial charge in [-0.15, -0.1) is 23.7 Å². The number of hydrogen-bond acceptors (Lipinski definition) is 7.